The highest BCUT2D eigenvalue weighted by Crippen LogP contribution is 2.26. The maximum atomic E-state index is 13.0. The largest absolute Gasteiger partial charge is 0.493 e. The van der Waals surface area contributed by atoms with Crippen molar-refractivity contribution >= 4 is 23.0 Å². The van der Waals surface area contributed by atoms with E-state index < -0.39 is 12.1 Å². The van der Waals surface area contributed by atoms with E-state index in [1.165, 1.54) is 12.0 Å². The first-order chi connectivity index (χ1) is 19.4. The fourth-order valence-electron chi connectivity index (χ4n) is 4.12. The first kappa shape index (κ1) is 28.2. The van der Waals surface area contributed by atoms with Crippen molar-refractivity contribution < 1.29 is 28.5 Å². The Hall–Kier alpha value is -4.86. The Morgan fingerprint density at radius 3 is 2.38 bits per heavy atom. The molecule has 0 radical (unpaired) electrons. The summed E-state index contributed by atoms with van der Waals surface area (Å²) < 4.78 is 23.2. The summed E-state index contributed by atoms with van der Waals surface area (Å²) in [7, 11) is 1.48. The van der Waals surface area contributed by atoms with E-state index in [9.17, 15) is 14.4 Å². The molecule has 0 unspecified atom stereocenters. The summed E-state index contributed by atoms with van der Waals surface area (Å²) in [5.41, 5.74) is 1.31. The Bertz CT molecular complexity index is 1530. The van der Waals surface area contributed by atoms with Crippen molar-refractivity contribution in [3.05, 3.63) is 94.5 Å². The van der Waals surface area contributed by atoms with Crippen LogP contribution >= 0.6 is 0 Å². The van der Waals surface area contributed by atoms with E-state index in [1.807, 2.05) is 18.2 Å². The zero-order valence-electron chi connectivity index (χ0n) is 22.7. The molecular weight excluding hydrogens is 514 g/mol. The van der Waals surface area contributed by atoms with Crippen LogP contribution in [0.2, 0.25) is 0 Å². The molecule has 1 amide bonds. The molecule has 10 nitrogen and oxygen atoms in total. The second kappa shape index (κ2) is 13.3. The maximum absolute atomic E-state index is 13.0. The normalized spacial score (nSPS) is 10.7. The van der Waals surface area contributed by atoms with E-state index in [1.54, 1.807) is 73.0 Å². The van der Waals surface area contributed by atoms with Gasteiger partial charge < -0.3 is 18.9 Å². The zero-order valence-corrected chi connectivity index (χ0v) is 22.7. The van der Waals surface area contributed by atoms with E-state index in [4.69, 9.17) is 18.9 Å². The number of ether oxygens (including phenoxy) is 4. The maximum Gasteiger partial charge on any atom is 0.416 e. The van der Waals surface area contributed by atoms with Gasteiger partial charge >= 0.3 is 12.1 Å². The molecule has 0 atom stereocenters. The number of benzene rings is 3. The summed E-state index contributed by atoms with van der Waals surface area (Å²) in [5.74, 6) is 1.29. The Kier molecular flexibility index (Phi) is 9.35. The van der Waals surface area contributed by atoms with Crippen LogP contribution in [0.3, 0.4) is 0 Å². The quantitative estimate of drug-likeness (QED) is 0.256. The molecule has 1 aromatic heterocycles. The molecular formula is C30H31N3O7. The molecule has 40 heavy (non-hydrogen) atoms. The monoisotopic (exact) mass is 545 g/mol. The number of nitrogens with zero attached hydrogens (tertiary/aromatic N) is 3. The molecule has 0 fully saturated rings. The first-order valence-electron chi connectivity index (χ1n) is 12.8. The van der Waals surface area contributed by atoms with Crippen LogP contribution in [0.25, 0.3) is 10.9 Å². The van der Waals surface area contributed by atoms with E-state index >= 15 is 0 Å². The molecule has 0 spiro atoms. The van der Waals surface area contributed by atoms with Crippen molar-refractivity contribution in [3.8, 4) is 17.2 Å². The number of rotatable bonds is 11. The van der Waals surface area contributed by atoms with E-state index in [0.717, 1.165) is 5.56 Å². The third-order valence-corrected chi connectivity index (χ3v) is 6.08. The van der Waals surface area contributed by atoms with Gasteiger partial charge in [-0.05, 0) is 55.8 Å². The lowest BCUT2D eigenvalue weighted by Crippen LogP contribution is -2.38. The van der Waals surface area contributed by atoms with Crippen LogP contribution < -0.4 is 19.8 Å². The first-order valence-corrected chi connectivity index (χ1v) is 12.8. The van der Waals surface area contributed by atoms with Crippen LogP contribution in [-0.2, 0) is 22.6 Å². The number of carbonyl (C=O) groups excluding carboxylic acids is 2. The Morgan fingerprint density at radius 2 is 1.65 bits per heavy atom. The highest BCUT2D eigenvalue weighted by Gasteiger charge is 2.22. The topological polar surface area (TPSA) is 109 Å². The van der Waals surface area contributed by atoms with E-state index in [-0.39, 0.29) is 37.6 Å². The van der Waals surface area contributed by atoms with Crippen molar-refractivity contribution in [2.45, 2.75) is 26.9 Å². The minimum atomic E-state index is -0.720. The highest BCUT2D eigenvalue weighted by molar-refractivity contribution is 5.79. The molecule has 4 rings (SSSR count). The lowest BCUT2D eigenvalue weighted by atomic mass is 10.2. The molecule has 0 saturated carbocycles. The molecule has 1 heterocycles. The second-order valence-corrected chi connectivity index (χ2v) is 8.81. The predicted molar refractivity (Wildman–Crippen MR) is 149 cm³/mol. The third-order valence-electron chi connectivity index (χ3n) is 6.08. The molecule has 3 aromatic carbocycles. The average molecular weight is 546 g/mol. The van der Waals surface area contributed by atoms with Gasteiger partial charge in [-0.25, -0.2) is 9.78 Å². The van der Waals surface area contributed by atoms with E-state index in [2.05, 4.69) is 4.98 Å². The standard InChI is InChI=1S/C30H31N3O7/c1-4-38-28(34)20-32(30(36)40-27-12-8-7-11-26(27)37-3)19-22-13-15-23(16-14-22)39-18-17-33-21(2)31-25-10-6-5-9-24(25)29(33)35/h5-16H,4,17-20H2,1-3H3. The molecule has 4 aromatic rings. The van der Waals surface area contributed by atoms with Gasteiger partial charge in [-0.2, -0.15) is 0 Å². The number of aromatic nitrogens is 2. The van der Waals surface area contributed by atoms with Gasteiger partial charge in [0.2, 0.25) is 0 Å². The van der Waals surface area contributed by atoms with Crippen LogP contribution in [0, 0.1) is 6.92 Å². The summed E-state index contributed by atoms with van der Waals surface area (Å²) in [5, 5.41) is 0.564. The fraction of sp³-hybridized carbons (Fsp3) is 0.267. The van der Waals surface area contributed by atoms with Crippen molar-refractivity contribution in [1.29, 1.82) is 0 Å². The molecule has 10 heteroatoms. The van der Waals surface area contributed by atoms with Gasteiger partial charge in [0.1, 0.15) is 24.7 Å². The Morgan fingerprint density at radius 1 is 0.950 bits per heavy atom. The van der Waals surface area contributed by atoms with Crippen LogP contribution in [0.1, 0.15) is 18.3 Å². The number of para-hydroxylation sites is 3. The summed E-state index contributed by atoms with van der Waals surface area (Å²) in [6.07, 6.45) is -0.720. The van der Waals surface area contributed by atoms with Gasteiger partial charge in [0.15, 0.2) is 11.5 Å². The van der Waals surface area contributed by atoms with Crippen LogP contribution in [0.4, 0.5) is 4.79 Å². The van der Waals surface area contributed by atoms with Crippen LogP contribution in [0.5, 0.6) is 17.2 Å². The van der Waals surface area contributed by atoms with Crippen LogP contribution in [-0.4, -0.2) is 53.4 Å². The highest BCUT2D eigenvalue weighted by atomic mass is 16.6. The zero-order chi connectivity index (χ0) is 28.5. The van der Waals surface area contributed by atoms with Crippen molar-refractivity contribution in [2.75, 3.05) is 26.9 Å². The number of carbonyl (C=O) groups is 2. The predicted octanol–water partition coefficient (Wildman–Crippen LogP) is 4.36. The van der Waals surface area contributed by atoms with Gasteiger partial charge in [0.05, 0.1) is 31.2 Å². The molecule has 0 aliphatic rings. The molecule has 0 N–H and O–H groups in total. The lowest BCUT2D eigenvalue weighted by molar-refractivity contribution is -0.144. The lowest BCUT2D eigenvalue weighted by Gasteiger charge is -2.22. The van der Waals surface area contributed by atoms with Gasteiger partial charge in [-0.15, -0.1) is 0 Å². The smallest absolute Gasteiger partial charge is 0.416 e. The molecule has 0 saturated heterocycles. The minimum Gasteiger partial charge on any atom is -0.493 e. The summed E-state index contributed by atoms with van der Waals surface area (Å²) >= 11 is 0. The third kappa shape index (κ3) is 6.96. The Labute approximate surface area is 231 Å². The molecule has 0 aliphatic carbocycles. The minimum absolute atomic E-state index is 0.102. The number of amides is 1. The summed E-state index contributed by atoms with van der Waals surface area (Å²) in [6.45, 7) is 4.11. The number of aryl methyl sites for hydroxylation is 1. The molecule has 208 valence electrons. The number of hydrogen-bond acceptors (Lipinski definition) is 8. The average Bonchev–Trinajstić information content (AvgIpc) is 2.95. The Balaban J connectivity index is 1.40. The van der Waals surface area contributed by atoms with Gasteiger partial charge in [-0.1, -0.05) is 36.4 Å². The summed E-state index contributed by atoms with van der Waals surface area (Å²) in [6, 6.07) is 21.1. The number of methoxy groups -OCH3 is 1. The van der Waals surface area contributed by atoms with Crippen molar-refractivity contribution in [1.82, 2.24) is 14.5 Å². The van der Waals surface area contributed by atoms with Gasteiger partial charge in [0, 0.05) is 6.54 Å². The van der Waals surface area contributed by atoms with Crippen molar-refractivity contribution in [3.63, 3.8) is 0 Å². The SMILES string of the molecule is CCOC(=O)CN(Cc1ccc(OCCn2c(C)nc3ccccc3c2=O)cc1)C(=O)Oc1ccccc1OC. The van der Waals surface area contributed by atoms with Crippen molar-refractivity contribution in [2.24, 2.45) is 0 Å². The number of esters is 1. The second-order valence-electron chi connectivity index (χ2n) is 8.81. The number of hydrogen-bond donors (Lipinski definition) is 0. The van der Waals surface area contributed by atoms with Gasteiger partial charge in [0.25, 0.3) is 5.56 Å². The van der Waals surface area contributed by atoms with Crippen LogP contribution in [0.15, 0.2) is 77.6 Å². The summed E-state index contributed by atoms with van der Waals surface area (Å²) in [4.78, 5) is 43.8. The molecule has 0 bridgehead atoms. The van der Waals surface area contributed by atoms with E-state index in [0.29, 0.717) is 34.8 Å². The fourth-order valence-corrected chi connectivity index (χ4v) is 4.12. The number of fused-ring (bicyclic) bond motifs is 1. The van der Waals surface area contributed by atoms with Gasteiger partial charge in [-0.3, -0.25) is 19.1 Å². The molecule has 0 aliphatic heterocycles.